The van der Waals surface area contributed by atoms with E-state index in [4.69, 9.17) is 4.74 Å². The summed E-state index contributed by atoms with van der Waals surface area (Å²) in [5, 5.41) is 2.14. The van der Waals surface area contributed by atoms with Crippen molar-refractivity contribution < 1.29 is 22.7 Å². The van der Waals surface area contributed by atoms with E-state index in [1.165, 1.54) is 7.11 Å². The van der Waals surface area contributed by atoms with Gasteiger partial charge in [-0.05, 0) is 0 Å². The van der Waals surface area contributed by atoms with Crippen molar-refractivity contribution in [2.45, 2.75) is 17.4 Å². The minimum Gasteiger partial charge on any atom is -0.383 e. The molecule has 0 aromatic heterocycles. The number of halogens is 4. The highest BCUT2D eigenvalue weighted by atomic mass is 79.9. The van der Waals surface area contributed by atoms with Gasteiger partial charge in [0, 0.05) is 13.7 Å². The van der Waals surface area contributed by atoms with E-state index in [-0.39, 0.29) is 11.4 Å². The zero-order chi connectivity index (χ0) is 11.2. The van der Waals surface area contributed by atoms with E-state index < -0.39 is 18.5 Å². The molecule has 0 aliphatic heterocycles. The number of hydrogen-bond acceptors (Lipinski definition) is 2. The van der Waals surface area contributed by atoms with Crippen LogP contribution in [0.5, 0.6) is 0 Å². The Morgan fingerprint density at radius 1 is 1.57 bits per heavy atom. The Hall–Kier alpha value is -0.300. The van der Waals surface area contributed by atoms with Crippen LogP contribution >= 0.6 is 15.9 Å². The molecule has 1 unspecified atom stereocenters. The molecule has 7 heteroatoms. The van der Waals surface area contributed by atoms with Gasteiger partial charge in [0.15, 0.2) is 0 Å². The van der Waals surface area contributed by atoms with E-state index in [0.717, 1.165) is 0 Å². The molecule has 14 heavy (non-hydrogen) atoms. The summed E-state index contributed by atoms with van der Waals surface area (Å²) in [5.41, 5.74) is 0. The van der Waals surface area contributed by atoms with E-state index in [2.05, 4.69) is 21.2 Å². The Labute approximate surface area is 88.1 Å². The molecular weight excluding hydrogens is 267 g/mol. The van der Waals surface area contributed by atoms with Crippen LogP contribution in [0.15, 0.2) is 0 Å². The Morgan fingerprint density at radius 2 is 2.14 bits per heavy atom. The highest BCUT2D eigenvalue weighted by Crippen LogP contribution is 2.18. The lowest BCUT2D eigenvalue weighted by Crippen LogP contribution is -2.34. The van der Waals surface area contributed by atoms with Crippen molar-refractivity contribution >= 4 is 21.8 Å². The van der Waals surface area contributed by atoms with Gasteiger partial charge in [0.1, 0.15) is 6.42 Å². The van der Waals surface area contributed by atoms with Gasteiger partial charge in [-0.3, -0.25) is 4.79 Å². The third-order valence-electron chi connectivity index (χ3n) is 1.23. The Morgan fingerprint density at radius 3 is 2.57 bits per heavy atom. The third kappa shape index (κ3) is 8.31. The maximum atomic E-state index is 11.7. The van der Waals surface area contributed by atoms with Crippen LogP contribution in [-0.2, 0) is 9.53 Å². The number of nitrogens with one attached hydrogen (secondary N) is 1. The lowest BCUT2D eigenvalue weighted by atomic mass is 10.3. The molecule has 0 aromatic rings. The number of rotatable bonds is 5. The van der Waals surface area contributed by atoms with Crippen LogP contribution in [0, 0.1) is 0 Å². The maximum absolute atomic E-state index is 11.7. The monoisotopic (exact) mass is 277 g/mol. The predicted molar refractivity (Wildman–Crippen MR) is 48.3 cm³/mol. The van der Waals surface area contributed by atoms with Crippen molar-refractivity contribution in [2.75, 3.05) is 20.3 Å². The molecule has 0 saturated carbocycles. The molecule has 0 radical (unpaired) electrons. The smallest absolute Gasteiger partial charge is 0.383 e. The summed E-state index contributed by atoms with van der Waals surface area (Å²) < 4.78 is 39.8. The summed E-state index contributed by atoms with van der Waals surface area (Å²) in [4.78, 5) is 10.5. The van der Waals surface area contributed by atoms with Gasteiger partial charge < -0.3 is 10.1 Å². The molecule has 0 aromatic carbocycles. The van der Waals surface area contributed by atoms with Gasteiger partial charge >= 0.3 is 6.18 Å². The summed E-state index contributed by atoms with van der Waals surface area (Å²) in [6, 6.07) is 0. The second-order valence-corrected chi connectivity index (χ2v) is 3.94. The number of methoxy groups -OCH3 is 1. The largest absolute Gasteiger partial charge is 0.397 e. The molecule has 1 amide bonds. The topological polar surface area (TPSA) is 38.3 Å². The molecule has 0 aliphatic carbocycles. The Balaban J connectivity index is 3.64. The van der Waals surface area contributed by atoms with Gasteiger partial charge in [-0.1, -0.05) is 15.9 Å². The number of carbonyl (C=O) groups is 1. The highest BCUT2D eigenvalue weighted by molar-refractivity contribution is 9.09. The van der Waals surface area contributed by atoms with Crippen molar-refractivity contribution in [1.29, 1.82) is 0 Å². The fourth-order valence-electron chi connectivity index (χ4n) is 0.709. The Bertz CT molecular complexity index is 186. The van der Waals surface area contributed by atoms with Gasteiger partial charge in [0.25, 0.3) is 0 Å². The zero-order valence-corrected chi connectivity index (χ0v) is 9.11. The minimum absolute atomic E-state index is 0.114. The molecule has 0 bridgehead atoms. The first kappa shape index (κ1) is 13.7. The van der Waals surface area contributed by atoms with Gasteiger partial charge in [0.2, 0.25) is 5.91 Å². The molecule has 0 spiro atoms. The fourth-order valence-corrected chi connectivity index (χ4v) is 1.14. The number of amides is 1. The van der Waals surface area contributed by atoms with Crippen LogP contribution in [-0.4, -0.2) is 37.2 Å². The number of carbonyl (C=O) groups excluding carboxylic acids is 1. The highest BCUT2D eigenvalue weighted by Gasteiger charge is 2.31. The SMILES string of the molecule is COCC(Br)CNC(=O)CC(F)(F)F. The summed E-state index contributed by atoms with van der Waals surface area (Å²) in [5.74, 6) is -1.03. The van der Waals surface area contributed by atoms with Crippen molar-refractivity contribution in [2.24, 2.45) is 0 Å². The Kier molecular flexibility index (Phi) is 6.10. The van der Waals surface area contributed by atoms with Crippen molar-refractivity contribution in [3.8, 4) is 0 Å². The van der Waals surface area contributed by atoms with Gasteiger partial charge in [-0.2, -0.15) is 13.2 Å². The molecule has 0 fully saturated rings. The second kappa shape index (κ2) is 6.23. The summed E-state index contributed by atoms with van der Waals surface area (Å²) in [6.45, 7) is 0.440. The van der Waals surface area contributed by atoms with E-state index in [1.807, 2.05) is 0 Å². The lowest BCUT2D eigenvalue weighted by molar-refractivity contribution is -0.153. The third-order valence-corrected chi connectivity index (χ3v) is 1.82. The first-order chi connectivity index (χ1) is 6.35. The van der Waals surface area contributed by atoms with Crippen LogP contribution in [0.25, 0.3) is 0 Å². The summed E-state index contributed by atoms with van der Waals surface area (Å²) >= 11 is 3.13. The molecule has 0 rings (SSSR count). The normalized spacial score (nSPS) is 13.8. The molecule has 84 valence electrons. The van der Waals surface area contributed by atoms with Crippen molar-refractivity contribution in [1.82, 2.24) is 5.32 Å². The molecule has 3 nitrogen and oxygen atoms in total. The van der Waals surface area contributed by atoms with Crippen molar-refractivity contribution in [3.63, 3.8) is 0 Å². The lowest BCUT2D eigenvalue weighted by Gasteiger charge is -2.11. The van der Waals surface area contributed by atoms with Crippen LogP contribution in [0.3, 0.4) is 0 Å². The number of hydrogen-bond donors (Lipinski definition) is 1. The average molecular weight is 278 g/mol. The first-order valence-electron chi connectivity index (χ1n) is 3.81. The molecule has 1 N–H and O–H groups in total. The summed E-state index contributed by atoms with van der Waals surface area (Å²) in [7, 11) is 1.46. The van der Waals surface area contributed by atoms with E-state index >= 15 is 0 Å². The molecular formula is C7H11BrF3NO2. The maximum Gasteiger partial charge on any atom is 0.397 e. The van der Waals surface area contributed by atoms with Gasteiger partial charge in [0.05, 0.1) is 11.4 Å². The zero-order valence-electron chi connectivity index (χ0n) is 7.53. The quantitative estimate of drug-likeness (QED) is 0.773. The minimum atomic E-state index is -4.45. The van der Waals surface area contributed by atoms with E-state index in [1.54, 1.807) is 0 Å². The van der Waals surface area contributed by atoms with E-state index in [0.29, 0.717) is 6.61 Å². The molecule has 0 heterocycles. The van der Waals surface area contributed by atoms with E-state index in [9.17, 15) is 18.0 Å². The first-order valence-corrected chi connectivity index (χ1v) is 4.73. The van der Waals surface area contributed by atoms with Crippen LogP contribution < -0.4 is 5.32 Å². The average Bonchev–Trinajstić information content (AvgIpc) is 1.98. The van der Waals surface area contributed by atoms with Gasteiger partial charge in [-0.15, -0.1) is 0 Å². The standard InChI is InChI=1S/C7H11BrF3NO2/c1-14-4-5(8)3-12-6(13)2-7(9,10)11/h5H,2-4H2,1H3,(H,12,13). The van der Waals surface area contributed by atoms with Crippen LogP contribution in [0.1, 0.15) is 6.42 Å². The van der Waals surface area contributed by atoms with Crippen LogP contribution in [0.4, 0.5) is 13.2 Å². The molecule has 1 atom stereocenters. The number of alkyl halides is 4. The predicted octanol–water partition coefficient (Wildman–Crippen LogP) is 1.46. The molecule has 0 aliphatic rings. The fraction of sp³-hybridized carbons (Fsp3) is 0.857. The van der Waals surface area contributed by atoms with Crippen LogP contribution in [0.2, 0.25) is 0 Å². The van der Waals surface area contributed by atoms with Gasteiger partial charge in [-0.25, -0.2) is 0 Å². The van der Waals surface area contributed by atoms with Crippen molar-refractivity contribution in [3.05, 3.63) is 0 Å². The molecule has 0 saturated heterocycles. The number of ether oxygens (including phenoxy) is 1. The summed E-state index contributed by atoms with van der Waals surface area (Å²) in [6.07, 6.45) is -5.90. The second-order valence-electron chi connectivity index (χ2n) is 2.65.